The number of halogens is 1. The maximum Gasteiger partial charge on any atom is 0.122 e. The first-order valence-electron chi connectivity index (χ1n) is 5.54. The summed E-state index contributed by atoms with van der Waals surface area (Å²) in [6.07, 6.45) is 1.02. The Morgan fingerprint density at radius 2 is 2.29 bits per heavy atom. The summed E-state index contributed by atoms with van der Waals surface area (Å²) in [6.45, 7) is 1.67. The van der Waals surface area contributed by atoms with Crippen LogP contribution in [0.2, 0.25) is 0 Å². The highest BCUT2D eigenvalue weighted by molar-refractivity contribution is 9.10. The molecule has 1 N–H and O–H groups in total. The number of hydrogen-bond acceptors (Lipinski definition) is 3. The van der Waals surface area contributed by atoms with Gasteiger partial charge in [-0.3, -0.25) is 0 Å². The molecule has 1 aliphatic heterocycles. The van der Waals surface area contributed by atoms with Crippen LogP contribution in [-0.2, 0) is 13.0 Å². The lowest BCUT2D eigenvalue weighted by Gasteiger charge is -2.07. The number of hydrogen-bond donors (Lipinski definition) is 1. The number of anilines is 1. The van der Waals surface area contributed by atoms with Crippen molar-refractivity contribution < 1.29 is 4.74 Å². The van der Waals surface area contributed by atoms with Crippen LogP contribution in [0.15, 0.2) is 34.1 Å². The summed E-state index contributed by atoms with van der Waals surface area (Å²) in [5, 5.41) is 5.54. The van der Waals surface area contributed by atoms with E-state index in [1.807, 2.05) is 6.07 Å². The molecule has 0 saturated carbocycles. The lowest BCUT2D eigenvalue weighted by molar-refractivity contribution is 0.357. The fourth-order valence-corrected chi connectivity index (χ4v) is 3.36. The van der Waals surface area contributed by atoms with E-state index >= 15 is 0 Å². The predicted octanol–water partition coefficient (Wildman–Crippen LogP) is 4.06. The average molecular weight is 310 g/mol. The Kier molecular flexibility index (Phi) is 3.07. The van der Waals surface area contributed by atoms with E-state index in [9.17, 15) is 0 Å². The first kappa shape index (κ1) is 11.1. The van der Waals surface area contributed by atoms with Crippen LogP contribution in [0.3, 0.4) is 0 Å². The van der Waals surface area contributed by atoms with Gasteiger partial charge in [-0.05, 0) is 51.1 Å². The molecule has 0 unspecified atom stereocenters. The van der Waals surface area contributed by atoms with E-state index in [0.29, 0.717) is 0 Å². The highest BCUT2D eigenvalue weighted by Crippen LogP contribution is 2.29. The normalized spacial score (nSPS) is 13.2. The molecule has 0 spiro atoms. The number of ether oxygens (including phenoxy) is 1. The summed E-state index contributed by atoms with van der Waals surface area (Å²) in [7, 11) is 0. The van der Waals surface area contributed by atoms with Crippen LogP contribution >= 0.6 is 27.3 Å². The molecule has 1 aliphatic rings. The number of thiophene rings is 1. The molecule has 17 heavy (non-hydrogen) atoms. The molecule has 0 radical (unpaired) electrons. The van der Waals surface area contributed by atoms with Crippen molar-refractivity contribution >= 4 is 33.0 Å². The SMILES string of the molecule is Brc1ccsc1CNc1ccc2c(c1)CCO2. The lowest BCUT2D eigenvalue weighted by Crippen LogP contribution is -1.98. The molecule has 2 aromatic rings. The Morgan fingerprint density at radius 1 is 1.35 bits per heavy atom. The molecule has 0 bridgehead atoms. The molecule has 0 aliphatic carbocycles. The van der Waals surface area contributed by atoms with Crippen molar-refractivity contribution in [3.05, 3.63) is 44.6 Å². The van der Waals surface area contributed by atoms with Crippen LogP contribution in [0.25, 0.3) is 0 Å². The fourth-order valence-electron chi connectivity index (χ4n) is 1.93. The van der Waals surface area contributed by atoms with E-state index in [1.54, 1.807) is 11.3 Å². The van der Waals surface area contributed by atoms with Crippen molar-refractivity contribution in [1.82, 2.24) is 0 Å². The summed E-state index contributed by atoms with van der Waals surface area (Å²) in [4.78, 5) is 1.32. The van der Waals surface area contributed by atoms with Crippen LogP contribution in [0, 0.1) is 0 Å². The van der Waals surface area contributed by atoms with Gasteiger partial charge in [0, 0.05) is 21.5 Å². The first-order valence-corrected chi connectivity index (χ1v) is 7.21. The van der Waals surface area contributed by atoms with Gasteiger partial charge < -0.3 is 10.1 Å². The standard InChI is InChI=1S/C13H12BrNOS/c14-11-4-6-17-13(11)8-15-10-1-2-12-9(7-10)3-5-16-12/h1-2,4,6-7,15H,3,5,8H2. The molecule has 3 rings (SSSR count). The number of rotatable bonds is 3. The molecule has 2 heterocycles. The lowest BCUT2D eigenvalue weighted by atomic mass is 10.1. The van der Waals surface area contributed by atoms with E-state index in [4.69, 9.17) is 4.74 Å². The van der Waals surface area contributed by atoms with Crippen molar-refractivity contribution in [2.24, 2.45) is 0 Å². The second-order valence-corrected chi connectivity index (χ2v) is 5.82. The maximum atomic E-state index is 5.49. The molecular formula is C13H12BrNOS. The van der Waals surface area contributed by atoms with Gasteiger partial charge in [-0.2, -0.15) is 0 Å². The third-order valence-corrected chi connectivity index (χ3v) is 4.76. The largest absolute Gasteiger partial charge is 0.493 e. The van der Waals surface area contributed by atoms with Crippen molar-refractivity contribution in [3.8, 4) is 5.75 Å². The first-order chi connectivity index (χ1) is 8.33. The molecule has 1 aromatic heterocycles. The maximum absolute atomic E-state index is 5.49. The van der Waals surface area contributed by atoms with Crippen LogP contribution in [0.5, 0.6) is 5.75 Å². The average Bonchev–Trinajstić information content (AvgIpc) is 2.94. The minimum atomic E-state index is 0.815. The molecule has 4 heteroatoms. The van der Waals surface area contributed by atoms with Gasteiger partial charge in [0.1, 0.15) is 5.75 Å². The Morgan fingerprint density at radius 3 is 3.12 bits per heavy atom. The van der Waals surface area contributed by atoms with Crippen LogP contribution in [0.1, 0.15) is 10.4 Å². The highest BCUT2D eigenvalue weighted by Gasteiger charge is 2.11. The van der Waals surface area contributed by atoms with Gasteiger partial charge in [-0.25, -0.2) is 0 Å². The summed E-state index contributed by atoms with van der Waals surface area (Å²) in [5.74, 6) is 1.04. The van der Waals surface area contributed by atoms with E-state index < -0.39 is 0 Å². The van der Waals surface area contributed by atoms with Gasteiger partial charge in [-0.1, -0.05) is 0 Å². The summed E-state index contributed by atoms with van der Waals surface area (Å²) < 4.78 is 6.67. The van der Waals surface area contributed by atoms with Gasteiger partial charge in [0.25, 0.3) is 0 Å². The third-order valence-electron chi connectivity index (χ3n) is 2.83. The third kappa shape index (κ3) is 2.33. The second kappa shape index (κ2) is 4.70. The second-order valence-electron chi connectivity index (χ2n) is 3.97. The zero-order chi connectivity index (χ0) is 11.7. The predicted molar refractivity (Wildman–Crippen MR) is 75.0 cm³/mol. The Bertz CT molecular complexity index is 538. The molecule has 88 valence electrons. The number of benzene rings is 1. The Labute approximate surface area is 113 Å². The fraction of sp³-hybridized carbons (Fsp3) is 0.231. The molecular weight excluding hydrogens is 298 g/mol. The van der Waals surface area contributed by atoms with Crippen LogP contribution in [0.4, 0.5) is 5.69 Å². The van der Waals surface area contributed by atoms with E-state index in [1.165, 1.54) is 14.9 Å². The summed E-state index contributed by atoms with van der Waals surface area (Å²) in [5.41, 5.74) is 2.47. The van der Waals surface area contributed by atoms with E-state index in [2.05, 4.69) is 44.8 Å². The van der Waals surface area contributed by atoms with Crippen molar-refractivity contribution in [3.63, 3.8) is 0 Å². The zero-order valence-corrected chi connectivity index (χ0v) is 11.6. The topological polar surface area (TPSA) is 21.3 Å². The minimum Gasteiger partial charge on any atom is -0.493 e. The smallest absolute Gasteiger partial charge is 0.122 e. The van der Waals surface area contributed by atoms with Gasteiger partial charge in [0.15, 0.2) is 0 Å². The van der Waals surface area contributed by atoms with E-state index in [0.717, 1.165) is 31.0 Å². The quantitative estimate of drug-likeness (QED) is 0.923. The number of nitrogens with one attached hydrogen (secondary N) is 1. The molecule has 2 nitrogen and oxygen atoms in total. The van der Waals surface area contributed by atoms with E-state index in [-0.39, 0.29) is 0 Å². The van der Waals surface area contributed by atoms with Gasteiger partial charge in [0.2, 0.25) is 0 Å². The summed E-state index contributed by atoms with van der Waals surface area (Å²) in [6, 6.07) is 8.39. The molecule has 0 fully saturated rings. The number of fused-ring (bicyclic) bond motifs is 1. The van der Waals surface area contributed by atoms with Crippen molar-refractivity contribution in [2.75, 3.05) is 11.9 Å². The monoisotopic (exact) mass is 309 g/mol. The van der Waals surface area contributed by atoms with Crippen LogP contribution < -0.4 is 10.1 Å². The molecule has 0 saturated heterocycles. The molecule has 1 aromatic carbocycles. The van der Waals surface area contributed by atoms with Gasteiger partial charge >= 0.3 is 0 Å². The Hall–Kier alpha value is -1.00. The molecule has 0 atom stereocenters. The van der Waals surface area contributed by atoms with Gasteiger partial charge in [0.05, 0.1) is 13.2 Å². The summed E-state index contributed by atoms with van der Waals surface area (Å²) >= 11 is 5.30. The minimum absolute atomic E-state index is 0.815. The Balaban J connectivity index is 1.72. The molecule has 0 amide bonds. The van der Waals surface area contributed by atoms with Gasteiger partial charge in [-0.15, -0.1) is 11.3 Å². The van der Waals surface area contributed by atoms with Crippen molar-refractivity contribution in [1.29, 1.82) is 0 Å². The highest BCUT2D eigenvalue weighted by atomic mass is 79.9. The van der Waals surface area contributed by atoms with Crippen molar-refractivity contribution in [2.45, 2.75) is 13.0 Å². The van der Waals surface area contributed by atoms with Crippen LogP contribution in [-0.4, -0.2) is 6.61 Å². The zero-order valence-electron chi connectivity index (χ0n) is 9.20.